The molecule has 0 atom stereocenters. The van der Waals surface area contributed by atoms with Crippen LogP contribution in [0.25, 0.3) is 0 Å². The van der Waals surface area contributed by atoms with Gasteiger partial charge in [-0.25, -0.2) is 4.98 Å². The molecule has 128 valence electrons. The number of oxazole rings is 1. The lowest BCUT2D eigenvalue weighted by molar-refractivity contribution is 0.102. The number of hydrogen-bond donors (Lipinski definition) is 3. The average molecular weight is 336 g/mol. The van der Waals surface area contributed by atoms with E-state index >= 15 is 0 Å². The number of carbonyl (C=O) groups is 1. The van der Waals surface area contributed by atoms with Crippen LogP contribution in [0.1, 0.15) is 27.5 Å². The molecule has 6 heteroatoms. The summed E-state index contributed by atoms with van der Waals surface area (Å²) < 4.78 is 5.21. The number of amides is 1. The molecule has 0 saturated heterocycles. The highest BCUT2D eigenvalue weighted by atomic mass is 16.3. The zero-order chi connectivity index (χ0) is 17.6. The van der Waals surface area contributed by atoms with Gasteiger partial charge in [0.25, 0.3) is 5.91 Å². The van der Waals surface area contributed by atoms with Crippen LogP contribution in [0.2, 0.25) is 0 Å². The summed E-state index contributed by atoms with van der Waals surface area (Å²) in [6.45, 7) is 0.479. The fourth-order valence-corrected chi connectivity index (χ4v) is 2.42. The molecule has 3 aromatic rings. The van der Waals surface area contributed by atoms with E-state index in [0.29, 0.717) is 18.1 Å². The van der Waals surface area contributed by atoms with Crippen molar-refractivity contribution in [1.29, 1.82) is 0 Å². The molecule has 0 unspecified atom stereocenters. The van der Waals surface area contributed by atoms with Crippen LogP contribution in [0, 0.1) is 0 Å². The fourth-order valence-electron chi connectivity index (χ4n) is 2.42. The minimum atomic E-state index is -0.294. The third-order valence-electron chi connectivity index (χ3n) is 3.71. The lowest BCUT2D eigenvalue weighted by Crippen LogP contribution is -2.13. The Morgan fingerprint density at radius 3 is 2.36 bits per heavy atom. The van der Waals surface area contributed by atoms with Crippen molar-refractivity contribution in [3.05, 3.63) is 77.5 Å². The lowest BCUT2D eigenvalue weighted by atomic mass is 10.0. The van der Waals surface area contributed by atoms with E-state index in [1.165, 1.54) is 11.8 Å². The van der Waals surface area contributed by atoms with Crippen LogP contribution in [0.15, 0.2) is 59.2 Å². The maximum atomic E-state index is 12.2. The van der Waals surface area contributed by atoms with Crippen molar-refractivity contribution in [2.24, 2.45) is 0 Å². The number of hydrogen-bond acceptors (Lipinski definition) is 5. The van der Waals surface area contributed by atoms with Gasteiger partial charge in [0.2, 0.25) is 5.89 Å². The van der Waals surface area contributed by atoms with Crippen LogP contribution in [0.3, 0.4) is 0 Å². The Kier molecular flexibility index (Phi) is 5.11. The molecule has 0 spiro atoms. The first-order valence-corrected chi connectivity index (χ1v) is 7.98. The molecular formula is C19H20N4O2. The van der Waals surface area contributed by atoms with E-state index in [1.54, 1.807) is 7.05 Å². The van der Waals surface area contributed by atoms with E-state index in [0.717, 1.165) is 17.7 Å². The first kappa shape index (κ1) is 16.7. The smallest absolute Gasteiger partial charge is 0.277 e. The Bertz CT molecular complexity index is 839. The third-order valence-corrected chi connectivity index (χ3v) is 3.71. The van der Waals surface area contributed by atoms with Crippen molar-refractivity contribution in [2.75, 3.05) is 18.1 Å². The number of nitrogen functional groups attached to an aromatic ring is 1. The summed E-state index contributed by atoms with van der Waals surface area (Å²) in [4.78, 5) is 16.3. The molecule has 2 aromatic carbocycles. The van der Waals surface area contributed by atoms with Gasteiger partial charge < -0.3 is 20.8 Å². The molecule has 0 aliphatic carbocycles. The van der Waals surface area contributed by atoms with E-state index in [9.17, 15) is 4.79 Å². The number of anilines is 2. The van der Waals surface area contributed by atoms with E-state index in [4.69, 9.17) is 10.2 Å². The normalized spacial score (nSPS) is 10.6. The quantitative estimate of drug-likeness (QED) is 0.602. The summed E-state index contributed by atoms with van der Waals surface area (Å²) in [7, 11) is 1.79. The molecule has 25 heavy (non-hydrogen) atoms. The maximum Gasteiger partial charge on any atom is 0.277 e. The van der Waals surface area contributed by atoms with Crippen molar-refractivity contribution >= 4 is 17.3 Å². The van der Waals surface area contributed by atoms with Crippen LogP contribution in [-0.2, 0) is 13.0 Å². The maximum absolute atomic E-state index is 12.2. The zero-order valence-electron chi connectivity index (χ0n) is 14.0. The SMILES string of the molecule is CNCc1nc(C(=O)Nc2ccc(Cc3ccc(N)cc3)cc2)co1. The standard InChI is InChI=1S/C19H20N4O2/c1-21-11-18-23-17(12-25-18)19(24)22-16-8-4-14(5-9-16)10-13-2-6-15(20)7-3-13/h2-9,12,21H,10-11,20H2,1H3,(H,22,24). The number of nitrogens with two attached hydrogens (primary N) is 1. The summed E-state index contributed by atoms with van der Waals surface area (Å²) in [5, 5.41) is 5.73. The molecule has 0 aliphatic rings. The number of rotatable bonds is 6. The summed E-state index contributed by atoms with van der Waals surface area (Å²) in [6.07, 6.45) is 2.17. The van der Waals surface area contributed by atoms with Gasteiger partial charge >= 0.3 is 0 Å². The minimum absolute atomic E-state index is 0.260. The van der Waals surface area contributed by atoms with Crippen molar-refractivity contribution in [2.45, 2.75) is 13.0 Å². The Hall–Kier alpha value is -3.12. The highest BCUT2D eigenvalue weighted by Crippen LogP contribution is 2.15. The summed E-state index contributed by atoms with van der Waals surface area (Å²) in [6, 6.07) is 15.5. The van der Waals surface area contributed by atoms with Gasteiger partial charge in [0.05, 0.1) is 6.54 Å². The van der Waals surface area contributed by atoms with Crippen LogP contribution in [0.4, 0.5) is 11.4 Å². The molecule has 4 N–H and O–H groups in total. The van der Waals surface area contributed by atoms with Crippen molar-refractivity contribution < 1.29 is 9.21 Å². The first-order valence-electron chi connectivity index (χ1n) is 7.98. The summed E-state index contributed by atoms with van der Waals surface area (Å²) in [5.74, 6) is 0.184. The Morgan fingerprint density at radius 1 is 1.08 bits per heavy atom. The predicted octanol–water partition coefficient (Wildman–Crippen LogP) is 2.82. The fraction of sp³-hybridized carbons (Fsp3) is 0.158. The second-order valence-electron chi connectivity index (χ2n) is 5.73. The number of carbonyl (C=O) groups excluding carboxylic acids is 1. The zero-order valence-corrected chi connectivity index (χ0v) is 14.0. The molecule has 0 aliphatic heterocycles. The Balaban J connectivity index is 1.61. The minimum Gasteiger partial charge on any atom is -0.447 e. The van der Waals surface area contributed by atoms with Crippen molar-refractivity contribution in [1.82, 2.24) is 10.3 Å². The first-order chi connectivity index (χ1) is 12.1. The van der Waals surface area contributed by atoms with E-state index in [-0.39, 0.29) is 11.6 Å². The summed E-state index contributed by atoms with van der Waals surface area (Å²) >= 11 is 0. The van der Waals surface area contributed by atoms with E-state index in [2.05, 4.69) is 15.6 Å². The van der Waals surface area contributed by atoms with Crippen LogP contribution >= 0.6 is 0 Å². The molecule has 1 heterocycles. The van der Waals surface area contributed by atoms with Crippen molar-refractivity contribution in [3.8, 4) is 0 Å². The van der Waals surface area contributed by atoms with Gasteiger partial charge in [0.1, 0.15) is 6.26 Å². The molecular weight excluding hydrogens is 316 g/mol. The van der Waals surface area contributed by atoms with Gasteiger partial charge in [0, 0.05) is 11.4 Å². The van der Waals surface area contributed by atoms with Gasteiger partial charge in [0.15, 0.2) is 5.69 Å². The summed E-state index contributed by atoms with van der Waals surface area (Å²) in [5.41, 5.74) is 9.77. The highest BCUT2D eigenvalue weighted by Gasteiger charge is 2.12. The number of benzene rings is 2. The second-order valence-corrected chi connectivity index (χ2v) is 5.73. The van der Waals surface area contributed by atoms with Gasteiger partial charge in [-0.1, -0.05) is 24.3 Å². The van der Waals surface area contributed by atoms with Gasteiger partial charge in [-0.15, -0.1) is 0 Å². The van der Waals surface area contributed by atoms with E-state index in [1.807, 2.05) is 48.5 Å². The monoisotopic (exact) mass is 336 g/mol. The van der Waals surface area contributed by atoms with Gasteiger partial charge in [-0.05, 0) is 48.9 Å². The van der Waals surface area contributed by atoms with Crippen molar-refractivity contribution in [3.63, 3.8) is 0 Å². The van der Waals surface area contributed by atoms with Gasteiger partial charge in [-0.3, -0.25) is 4.79 Å². The highest BCUT2D eigenvalue weighted by molar-refractivity contribution is 6.02. The molecule has 1 aromatic heterocycles. The largest absolute Gasteiger partial charge is 0.447 e. The number of nitrogens with one attached hydrogen (secondary N) is 2. The topological polar surface area (TPSA) is 93.2 Å². The second kappa shape index (κ2) is 7.63. The molecule has 6 nitrogen and oxygen atoms in total. The predicted molar refractivity (Wildman–Crippen MR) is 97.3 cm³/mol. The average Bonchev–Trinajstić information content (AvgIpc) is 3.08. The molecule has 0 saturated carbocycles. The van der Waals surface area contributed by atoms with Gasteiger partial charge in [-0.2, -0.15) is 0 Å². The molecule has 1 amide bonds. The van der Waals surface area contributed by atoms with E-state index < -0.39 is 0 Å². The van der Waals surface area contributed by atoms with Crippen LogP contribution in [-0.4, -0.2) is 17.9 Å². The molecule has 3 rings (SSSR count). The Labute approximate surface area is 146 Å². The van der Waals surface area contributed by atoms with Crippen LogP contribution < -0.4 is 16.4 Å². The Morgan fingerprint density at radius 2 is 1.72 bits per heavy atom. The molecule has 0 bridgehead atoms. The molecule has 0 radical (unpaired) electrons. The molecule has 0 fully saturated rings. The third kappa shape index (κ3) is 4.45. The lowest BCUT2D eigenvalue weighted by Gasteiger charge is -2.06. The number of aromatic nitrogens is 1. The number of nitrogens with zero attached hydrogens (tertiary/aromatic N) is 1. The van der Waals surface area contributed by atoms with Crippen LogP contribution in [0.5, 0.6) is 0 Å².